The first-order chi connectivity index (χ1) is 8.25. The Kier molecular flexibility index (Phi) is 2.08. The summed E-state index contributed by atoms with van der Waals surface area (Å²) in [4.78, 5) is 12.4. The molecule has 0 aliphatic heterocycles. The summed E-state index contributed by atoms with van der Waals surface area (Å²) in [7, 11) is 0. The van der Waals surface area contributed by atoms with Gasteiger partial charge >= 0.3 is 0 Å². The molecule has 0 fully saturated rings. The van der Waals surface area contributed by atoms with Crippen molar-refractivity contribution in [2.75, 3.05) is 5.73 Å². The molecule has 0 aliphatic rings. The number of rotatable bonds is 0. The lowest BCUT2D eigenvalue weighted by molar-refractivity contribution is 1.73. The molecule has 2 heteroatoms. The third kappa shape index (κ3) is 1.54. The Morgan fingerprint density at radius 2 is 1.47 bits per heavy atom. The van der Waals surface area contributed by atoms with Crippen LogP contribution in [0.3, 0.4) is 0 Å². The zero-order chi connectivity index (χ0) is 11.8. The maximum atomic E-state index is 12.4. The van der Waals surface area contributed by atoms with E-state index in [4.69, 9.17) is 5.73 Å². The topological polar surface area (TPSA) is 43.1 Å². The maximum Gasteiger partial charge on any atom is 0.194 e. The van der Waals surface area contributed by atoms with Crippen molar-refractivity contribution >= 4 is 27.2 Å². The zero-order valence-corrected chi connectivity index (χ0v) is 9.18. The smallest absolute Gasteiger partial charge is 0.194 e. The highest BCUT2D eigenvalue weighted by Gasteiger charge is 2.01. The van der Waals surface area contributed by atoms with Crippen molar-refractivity contribution in [2.24, 2.45) is 0 Å². The first-order valence-electron chi connectivity index (χ1n) is 5.47. The van der Waals surface area contributed by atoms with Crippen LogP contribution in [0.15, 0.2) is 59.4 Å². The molecule has 0 atom stereocenters. The molecule has 0 saturated heterocycles. The van der Waals surface area contributed by atoms with E-state index in [1.165, 1.54) is 0 Å². The Balaban J connectivity index is 2.63. The van der Waals surface area contributed by atoms with E-state index in [9.17, 15) is 4.79 Å². The molecule has 3 aromatic carbocycles. The van der Waals surface area contributed by atoms with Gasteiger partial charge in [-0.05, 0) is 29.0 Å². The van der Waals surface area contributed by atoms with Gasteiger partial charge < -0.3 is 5.73 Å². The molecule has 0 saturated carbocycles. The van der Waals surface area contributed by atoms with Crippen molar-refractivity contribution in [1.29, 1.82) is 0 Å². The second kappa shape index (κ2) is 3.59. The standard InChI is InChI=1S/C15H11NO/c16-12-7-8-14-11(9-12)6-5-10-3-1-2-4-13(10)15(14)17/h1-9H,16H2. The molecule has 2 N–H and O–H groups in total. The van der Waals surface area contributed by atoms with Gasteiger partial charge in [0, 0.05) is 16.5 Å². The average molecular weight is 221 g/mol. The van der Waals surface area contributed by atoms with E-state index in [0.29, 0.717) is 11.1 Å². The van der Waals surface area contributed by atoms with Gasteiger partial charge in [-0.1, -0.05) is 36.4 Å². The largest absolute Gasteiger partial charge is 0.399 e. The molecule has 0 aliphatic carbocycles. The van der Waals surface area contributed by atoms with Crippen LogP contribution in [0.1, 0.15) is 0 Å². The van der Waals surface area contributed by atoms with Crippen LogP contribution in [-0.2, 0) is 0 Å². The fourth-order valence-corrected chi connectivity index (χ4v) is 2.10. The summed E-state index contributed by atoms with van der Waals surface area (Å²) in [5, 5.41) is 3.28. The fourth-order valence-electron chi connectivity index (χ4n) is 2.10. The highest BCUT2D eigenvalue weighted by molar-refractivity contribution is 5.94. The monoisotopic (exact) mass is 221 g/mol. The van der Waals surface area contributed by atoms with Gasteiger partial charge in [-0.25, -0.2) is 0 Å². The third-order valence-electron chi connectivity index (χ3n) is 2.97. The van der Waals surface area contributed by atoms with Crippen LogP contribution in [0.5, 0.6) is 0 Å². The van der Waals surface area contributed by atoms with E-state index in [1.807, 2.05) is 42.5 Å². The normalized spacial score (nSPS) is 10.8. The van der Waals surface area contributed by atoms with Gasteiger partial charge in [0.15, 0.2) is 5.43 Å². The number of nitrogen functional groups attached to an aromatic ring is 1. The molecule has 0 bridgehead atoms. The number of fused-ring (bicyclic) bond motifs is 2. The van der Waals surface area contributed by atoms with Crippen molar-refractivity contribution in [3.63, 3.8) is 0 Å². The number of hydrogen-bond acceptors (Lipinski definition) is 2. The first kappa shape index (κ1) is 9.85. The van der Waals surface area contributed by atoms with Crippen LogP contribution in [-0.4, -0.2) is 0 Å². The van der Waals surface area contributed by atoms with Gasteiger partial charge in [-0.15, -0.1) is 0 Å². The van der Waals surface area contributed by atoms with Gasteiger partial charge in [0.05, 0.1) is 0 Å². The van der Waals surface area contributed by atoms with Crippen LogP contribution in [0, 0.1) is 0 Å². The van der Waals surface area contributed by atoms with E-state index in [1.54, 1.807) is 12.1 Å². The third-order valence-corrected chi connectivity index (χ3v) is 2.97. The molecule has 0 aromatic heterocycles. The van der Waals surface area contributed by atoms with Crippen molar-refractivity contribution in [3.8, 4) is 0 Å². The van der Waals surface area contributed by atoms with Crippen molar-refractivity contribution in [1.82, 2.24) is 0 Å². The molecule has 0 radical (unpaired) electrons. The van der Waals surface area contributed by atoms with Gasteiger partial charge in [0.1, 0.15) is 0 Å². The Morgan fingerprint density at radius 1 is 0.765 bits per heavy atom. The summed E-state index contributed by atoms with van der Waals surface area (Å²) in [5.41, 5.74) is 6.47. The van der Waals surface area contributed by atoms with Crippen molar-refractivity contribution in [3.05, 3.63) is 64.8 Å². The highest BCUT2D eigenvalue weighted by Crippen LogP contribution is 2.17. The van der Waals surface area contributed by atoms with Gasteiger partial charge in [-0.3, -0.25) is 4.79 Å². The Hall–Kier alpha value is -2.35. The lowest BCUT2D eigenvalue weighted by atomic mass is 10.1. The second-order valence-corrected chi connectivity index (χ2v) is 4.10. The molecule has 3 rings (SSSR count). The number of benzene rings is 2. The maximum absolute atomic E-state index is 12.4. The summed E-state index contributed by atoms with van der Waals surface area (Å²) in [6.45, 7) is 0. The molecule has 0 amide bonds. The summed E-state index contributed by atoms with van der Waals surface area (Å²) >= 11 is 0. The number of nitrogens with two attached hydrogens (primary N) is 1. The van der Waals surface area contributed by atoms with Crippen LogP contribution >= 0.6 is 0 Å². The zero-order valence-electron chi connectivity index (χ0n) is 9.18. The second-order valence-electron chi connectivity index (χ2n) is 4.10. The molecule has 0 unspecified atom stereocenters. The average Bonchev–Trinajstić information content (AvgIpc) is 2.48. The molecule has 3 aromatic rings. The Morgan fingerprint density at radius 3 is 2.35 bits per heavy atom. The number of anilines is 1. The van der Waals surface area contributed by atoms with Gasteiger partial charge in [-0.2, -0.15) is 0 Å². The first-order valence-corrected chi connectivity index (χ1v) is 5.47. The molecule has 0 spiro atoms. The quantitative estimate of drug-likeness (QED) is 0.593. The summed E-state index contributed by atoms with van der Waals surface area (Å²) in [5.74, 6) is 0. The van der Waals surface area contributed by atoms with Crippen LogP contribution in [0.4, 0.5) is 5.69 Å². The lowest BCUT2D eigenvalue weighted by Crippen LogP contribution is -1.98. The predicted octanol–water partition coefficient (Wildman–Crippen LogP) is 2.94. The molecule has 82 valence electrons. The minimum absolute atomic E-state index is 0.0561. The predicted molar refractivity (Wildman–Crippen MR) is 72.1 cm³/mol. The Bertz CT molecular complexity index is 778. The summed E-state index contributed by atoms with van der Waals surface area (Å²) in [6, 6.07) is 16.9. The van der Waals surface area contributed by atoms with Gasteiger partial charge in [0.2, 0.25) is 0 Å². The van der Waals surface area contributed by atoms with E-state index >= 15 is 0 Å². The number of hydrogen-bond donors (Lipinski definition) is 1. The molecular weight excluding hydrogens is 210 g/mol. The highest BCUT2D eigenvalue weighted by atomic mass is 16.1. The van der Waals surface area contributed by atoms with E-state index in [0.717, 1.165) is 16.2 Å². The summed E-state index contributed by atoms with van der Waals surface area (Å²) in [6.07, 6.45) is 0. The molecule has 0 heterocycles. The van der Waals surface area contributed by atoms with E-state index in [2.05, 4.69) is 0 Å². The van der Waals surface area contributed by atoms with Crippen LogP contribution < -0.4 is 11.2 Å². The SMILES string of the molecule is Nc1ccc2c(=O)c3ccccc3ccc2c1. The van der Waals surface area contributed by atoms with Crippen LogP contribution in [0.2, 0.25) is 0 Å². The van der Waals surface area contributed by atoms with Crippen molar-refractivity contribution < 1.29 is 0 Å². The van der Waals surface area contributed by atoms with Gasteiger partial charge in [0.25, 0.3) is 0 Å². The lowest BCUT2D eigenvalue weighted by Gasteiger charge is -1.94. The van der Waals surface area contributed by atoms with Crippen molar-refractivity contribution in [2.45, 2.75) is 0 Å². The molecular formula is C15H11NO. The molecule has 2 nitrogen and oxygen atoms in total. The van der Waals surface area contributed by atoms with E-state index in [-0.39, 0.29) is 5.43 Å². The minimum atomic E-state index is 0.0561. The van der Waals surface area contributed by atoms with Crippen LogP contribution in [0.25, 0.3) is 21.5 Å². The minimum Gasteiger partial charge on any atom is -0.399 e. The molecule has 17 heavy (non-hydrogen) atoms. The summed E-state index contributed by atoms with van der Waals surface area (Å²) < 4.78 is 0. The Labute approximate surface area is 98.3 Å². The van der Waals surface area contributed by atoms with E-state index < -0.39 is 0 Å². The fraction of sp³-hybridized carbons (Fsp3) is 0.